The second kappa shape index (κ2) is 7.60. The van der Waals surface area contributed by atoms with Gasteiger partial charge in [-0.3, -0.25) is 14.5 Å². The standard InChI is InChI=1S/C20H23N9O2/c1-26-12-18(25-19(20(26)31)28-4-3-21-9-15(30)11-28)29-17-5-16(14-8-23-27(2)10-14)22-6-13(17)7-24-29/h5-8,10,12,15,21,30H,3-4,9,11H2,1-2H3/t15-/m0/s1. The van der Waals surface area contributed by atoms with Crippen molar-refractivity contribution in [2.45, 2.75) is 6.10 Å². The SMILES string of the molecule is Cn1cc(-c2cc3c(cn2)cnn3-c2cn(C)c(=O)c(N3CCNC[C@H](O)C3)n2)cn1. The van der Waals surface area contributed by atoms with Crippen LogP contribution < -0.4 is 15.8 Å². The molecule has 4 aromatic heterocycles. The molecule has 0 radical (unpaired) electrons. The average Bonchev–Trinajstić information content (AvgIpc) is 3.31. The van der Waals surface area contributed by atoms with E-state index in [4.69, 9.17) is 0 Å². The number of aliphatic hydroxyl groups excluding tert-OH is 1. The Morgan fingerprint density at radius 2 is 2.03 bits per heavy atom. The van der Waals surface area contributed by atoms with Gasteiger partial charge in [-0.15, -0.1) is 0 Å². The Bertz CT molecular complexity index is 1310. The van der Waals surface area contributed by atoms with Crippen LogP contribution in [-0.2, 0) is 14.1 Å². The number of hydrogen-bond donors (Lipinski definition) is 2. The van der Waals surface area contributed by atoms with Crippen molar-refractivity contribution in [3.63, 3.8) is 0 Å². The van der Waals surface area contributed by atoms with Crippen molar-refractivity contribution >= 4 is 16.7 Å². The first-order chi connectivity index (χ1) is 15.0. The normalized spacial score (nSPS) is 17.3. The largest absolute Gasteiger partial charge is 0.390 e. The summed E-state index contributed by atoms with van der Waals surface area (Å²) < 4.78 is 4.93. The lowest BCUT2D eigenvalue weighted by atomic mass is 10.2. The molecular formula is C20H23N9O2. The average molecular weight is 421 g/mol. The number of hydrogen-bond acceptors (Lipinski definition) is 8. The van der Waals surface area contributed by atoms with Gasteiger partial charge < -0.3 is 19.9 Å². The molecule has 2 N–H and O–H groups in total. The van der Waals surface area contributed by atoms with Crippen LogP contribution in [-0.4, -0.2) is 71.5 Å². The van der Waals surface area contributed by atoms with Crippen LogP contribution in [0.1, 0.15) is 0 Å². The molecule has 5 heterocycles. The van der Waals surface area contributed by atoms with Gasteiger partial charge in [0.15, 0.2) is 11.6 Å². The number of nitrogens with zero attached hydrogens (tertiary/aromatic N) is 8. The first kappa shape index (κ1) is 19.4. The molecule has 11 heteroatoms. The van der Waals surface area contributed by atoms with E-state index in [1.807, 2.05) is 24.2 Å². The van der Waals surface area contributed by atoms with Crippen LogP contribution in [0.3, 0.4) is 0 Å². The van der Waals surface area contributed by atoms with Crippen molar-refractivity contribution in [3.8, 4) is 17.1 Å². The van der Waals surface area contributed by atoms with Gasteiger partial charge in [-0.1, -0.05) is 0 Å². The zero-order valence-electron chi connectivity index (χ0n) is 17.3. The summed E-state index contributed by atoms with van der Waals surface area (Å²) in [6.07, 6.45) is 8.24. The first-order valence-corrected chi connectivity index (χ1v) is 10.0. The molecule has 0 unspecified atom stereocenters. The maximum absolute atomic E-state index is 12.8. The zero-order chi connectivity index (χ0) is 21.5. The smallest absolute Gasteiger partial charge is 0.293 e. The van der Waals surface area contributed by atoms with Gasteiger partial charge in [0.1, 0.15) is 0 Å². The van der Waals surface area contributed by atoms with Crippen LogP contribution in [0.4, 0.5) is 5.82 Å². The van der Waals surface area contributed by atoms with E-state index < -0.39 is 6.10 Å². The van der Waals surface area contributed by atoms with Gasteiger partial charge in [0.25, 0.3) is 5.56 Å². The highest BCUT2D eigenvalue weighted by Crippen LogP contribution is 2.23. The lowest BCUT2D eigenvalue weighted by Crippen LogP contribution is -2.38. The van der Waals surface area contributed by atoms with Gasteiger partial charge in [0.2, 0.25) is 0 Å². The van der Waals surface area contributed by atoms with Crippen LogP contribution in [0, 0.1) is 0 Å². The molecule has 5 rings (SSSR count). The zero-order valence-corrected chi connectivity index (χ0v) is 17.3. The highest BCUT2D eigenvalue weighted by Gasteiger charge is 2.21. The monoisotopic (exact) mass is 421 g/mol. The van der Waals surface area contributed by atoms with Gasteiger partial charge in [-0.2, -0.15) is 10.2 Å². The summed E-state index contributed by atoms with van der Waals surface area (Å²) in [5, 5.41) is 22.9. The lowest BCUT2D eigenvalue weighted by molar-refractivity contribution is 0.184. The predicted octanol–water partition coefficient (Wildman–Crippen LogP) is -0.315. The van der Waals surface area contributed by atoms with E-state index in [0.717, 1.165) is 22.2 Å². The van der Waals surface area contributed by atoms with Gasteiger partial charge in [0, 0.05) is 63.6 Å². The van der Waals surface area contributed by atoms with Crippen molar-refractivity contribution in [1.29, 1.82) is 0 Å². The van der Waals surface area contributed by atoms with E-state index in [1.54, 1.807) is 41.2 Å². The van der Waals surface area contributed by atoms with Crippen LogP contribution in [0.15, 0.2) is 41.8 Å². The Morgan fingerprint density at radius 1 is 1.16 bits per heavy atom. The Kier molecular flexibility index (Phi) is 4.75. The maximum atomic E-state index is 12.8. The summed E-state index contributed by atoms with van der Waals surface area (Å²) in [5.74, 6) is 0.815. The lowest BCUT2D eigenvalue weighted by Gasteiger charge is -2.23. The molecule has 0 aromatic carbocycles. The molecule has 1 saturated heterocycles. The van der Waals surface area contributed by atoms with Crippen molar-refractivity contribution in [2.75, 3.05) is 31.1 Å². The summed E-state index contributed by atoms with van der Waals surface area (Å²) in [5.41, 5.74) is 2.28. The number of aromatic nitrogens is 7. The molecule has 1 aliphatic rings. The molecule has 160 valence electrons. The number of nitrogens with one attached hydrogen (secondary N) is 1. The van der Waals surface area contributed by atoms with Crippen molar-refractivity contribution < 1.29 is 5.11 Å². The summed E-state index contributed by atoms with van der Waals surface area (Å²) in [6.45, 7) is 2.08. The van der Waals surface area contributed by atoms with E-state index in [2.05, 4.69) is 25.5 Å². The molecule has 0 spiro atoms. The number of pyridine rings is 1. The predicted molar refractivity (Wildman–Crippen MR) is 115 cm³/mol. The number of aliphatic hydroxyl groups is 1. The Balaban J connectivity index is 1.61. The first-order valence-electron chi connectivity index (χ1n) is 10.0. The fraction of sp³-hybridized carbons (Fsp3) is 0.350. The molecule has 0 amide bonds. The minimum Gasteiger partial charge on any atom is -0.390 e. The van der Waals surface area contributed by atoms with E-state index in [0.29, 0.717) is 37.8 Å². The van der Waals surface area contributed by atoms with E-state index in [9.17, 15) is 9.90 Å². The molecule has 11 nitrogen and oxygen atoms in total. The van der Waals surface area contributed by atoms with Crippen molar-refractivity contribution in [1.82, 2.24) is 39.4 Å². The number of anilines is 1. The fourth-order valence-corrected chi connectivity index (χ4v) is 3.78. The minimum atomic E-state index is -0.573. The minimum absolute atomic E-state index is 0.216. The molecule has 31 heavy (non-hydrogen) atoms. The molecule has 0 bridgehead atoms. The number of rotatable bonds is 3. The molecular weight excluding hydrogens is 398 g/mol. The van der Waals surface area contributed by atoms with E-state index in [-0.39, 0.29) is 5.56 Å². The third kappa shape index (κ3) is 3.57. The van der Waals surface area contributed by atoms with Gasteiger partial charge >= 0.3 is 0 Å². The third-order valence-corrected chi connectivity index (χ3v) is 5.38. The van der Waals surface area contributed by atoms with Crippen LogP contribution in [0.5, 0.6) is 0 Å². The molecule has 0 aliphatic carbocycles. The Morgan fingerprint density at radius 3 is 2.84 bits per heavy atom. The second-order valence-electron chi connectivity index (χ2n) is 7.73. The van der Waals surface area contributed by atoms with Crippen LogP contribution >= 0.6 is 0 Å². The molecule has 4 aromatic rings. The second-order valence-corrected chi connectivity index (χ2v) is 7.73. The maximum Gasteiger partial charge on any atom is 0.293 e. The molecule has 1 atom stereocenters. The summed E-state index contributed by atoms with van der Waals surface area (Å²) in [6, 6.07) is 1.94. The third-order valence-electron chi connectivity index (χ3n) is 5.38. The highest BCUT2D eigenvalue weighted by molar-refractivity contribution is 5.82. The van der Waals surface area contributed by atoms with Crippen molar-refractivity contribution in [3.05, 3.63) is 47.4 Å². The van der Waals surface area contributed by atoms with Crippen LogP contribution in [0.2, 0.25) is 0 Å². The molecule has 0 saturated carbocycles. The fourth-order valence-electron chi connectivity index (χ4n) is 3.78. The van der Waals surface area contributed by atoms with Gasteiger partial charge in [-0.05, 0) is 6.07 Å². The number of β-amino-alcohol motifs (C(OH)–C–C–N with tert-alkyl or cyclic N) is 1. The Labute approximate surface area is 177 Å². The van der Waals surface area contributed by atoms with Crippen LogP contribution in [0.25, 0.3) is 28.0 Å². The van der Waals surface area contributed by atoms with E-state index in [1.165, 1.54) is 4.57 Å². The number of aryl methyl sites for hydroxylation is 2. The topological polar surface area (TPSA) is 119 Å². The summed E-state index contributed by atoms with van der Waals surface area (Å²) in [4.78, 5) is 23.8. The van der Waals surface area contributed by atoms with Crippen molar-refractivity contribution in [2.24, 2.45) is 14.1 Å². The quantitative estimate of drug-likeness (QED) is 0.462. The Hall–Kier alpha value is -3.57. The summed E-state index contributed by atoms with van der Waals surface area (Å²) in [7, 11) is 3.55. The number of fused-ring (bicyclic) bond motifs is 1. The van der Waals surface area contributed by atoms with Gasteiger partial charge in [-0.25, -0.2) is 9.67 Å². The highest BCUT2D eigenvalue weighted by atomic mass is 16.3. The summed E-state index contributed by atoms with van der Waals surface area (Å²) >= 11 is 0. The molecule has 1 aliphatic heterocycles. The van der Waals surface area contributed by atoms with E-state index >= 15 is 0 Å². The van der Waals surface area contributed by atoms with Gasteiger partial charge in [0.05, 0.1) is 35.9 Å². The molecule has 1 fully saturated rings.